The Kier molecular flexibility index (Phi) is 5.34. The molecule has 144 valence electrons. The molecule has 2 aromatic carbocycles. The van der Waals surface area contributed by atoms with Crippen LogP contribution < -0.4 is 4.90 Å². The fourth-order valence-electron chi connectivity index (χ4n) is 2.97. The lowest BCUT2D eigenvalue weighted by Crippen LogP contribution is -2.33. The molecule has 8 heteroatoms. The molecular weight excluding hydrogens is 395 g/mol. The van der Waals surface area contributed by atoms with Gasteiger partial charge < -0.3 is 4.90 Å². The van der Waals surface area contributed by atoms with Crippen LogP contribution in [0.25, 0.3) is 20.4 Å². The van der Waals surface area contributed by atoms with Gasteiger partial charge in [-0.25, -0.2) is 14.4 Å². The van der Waals surface area contributed by atoms with Crippen molar-refractivity contribution in [3.05, 3.63) is 53.3 Å². The first-order valence-corrected chi connectivity index (χ1v) is 10.6. The number of halogens is 1. The molecule has 4 aromatic rings. The quantitative estimate of drug-likeness (QED) is 0.461. The van der Waals surface area contributed by atoms with Gasteiger partial charge in [0.05, 0.1) is 25.9 Å². The summed E-state index contributed by atoms with van der Waals surface area (Å²) in [6.45, 7) is 1.40. The van der Waals surface area contributed by atoms with Crippen LogP contribution in [0.2, 0.25) is 0 Å². The van der Waals surface area contributed by atoms with E-state index in [2.05, 4.69) is 14.9 Å². The minimum absolute atomic E-state index is 0.103. The van der Waals surface area contributed by atoms with Gasteiger partial charge >= 0.3 is 0 Å². The monoisotopic (exact) mass is 414 g/mol. The van der Waals surface area contributed by atoms with Crippen molar-refractivity contribution in [2.75, 3.05) is 32.1 Å². The molecule has 0 saturated carbocycles. The lowest BCUT2D eigenvalue weighted by atomic mass is 10.2. The summed E-state index contributed by atoms with van der Waals surface area (Å²) in [5.41, 5.74) is 3.96. The maximum Gasteiger partial charge on any atom is 0.260 e. The Hall–Kier alpha value is -2.42. The van der Waals surface area contributed by atoms with Crippen molar-refractivity contribution < 1.29 is 9.18 Å². The van der Waals surface area contributed by atoms with E-state index in [0.717, 1.165) is 27.9 Å². The molecule has 4 rings (SSSR count). The average molecular weight is 415 g/mol. The SMILES string of the molecule is CN(C)CCCN(C(=O)c1ccc2ncsc2c1)c1nc2ccc(F)cc2s1. The zero-order chi connectivity index (χ0) is 19.7. The van der Waals surface area contributed by atoms with E-state index in [4.69, 9.17) is 0 Å². The van der Waals surface area contributed by atoms with Crippen LogP contribution in [0.5, 0.6) is 0 Å². The summed E-state index contributed by atoms with van der Waals surface area (Å²) in [7, 11) is 4.01. The molecule has 0 bridgehead atoms. The molecule has 0 aliphatic carbocycles. The van der Waals surface area contributed by atoms with Crippen LogP contribution in [0.4, 0.5) is 9.52 Å². The van der Waals surface area contributed by atoms with Crippen LogP contribution in [0.3, 0.4) is 0 Å². The third-order valence-corrected chi connectivity index (χ3v) is 6.21. The molecule has 0 aliphatic heterocycles. The highest BCUT2D eigenvalue weighted by Gasteiger charge is 2.22. The number of carbonyl (C=O) groups excluding carboxylic acids is 1. The van der Waals surface area contributed by atoms with Crippen molar-refractivity contribution in [3.8, 4) is 0 Å². The highest BCUT2D eigenvalue weighted by Crippen LogP contribution is 2.31. The standard InChI is InChI=1S/C20H19FN4OS2/c1-24(2)8-3-9-25(20-23-16-7-5-14(21)11-18(16)28-20)19(26)13-4-6-15-17(10-13)27-12-22-15/h4-7,10-12H,3,8-9H2,1-2H3. The average Bonchev–Trinajstić information content (AvgIpc) is 3.29. The summed E-state index contributed by atoms with van der Waals surface area (Å²) in [6, 6.07) is 10.0. The minimum Gasteiger partial charge on any atom is -0.309 e. The third-order valence-electron chi connectivity index (χ3n) is 4.38. The normalized spacial score (nSPS) is 11.6. The molecule has 5 nitrogen and oxygen atoms in total. The molecule has 0 unspecified atom stereocenters. The van der Waals surface area contributed by atoms with Crippen LogP contribution in [0.1, 0.15) is 16.8 Å². The second-order valence-electron chi connectivity index (χ2n) is 6.76. The largest absolute Gasteiger partial charge is 0.309 e. The van der Waals surface area contributed by atoms with E-state index in [0.29, 0.717) is 22.8 Å². The van der Waals surface area contributed by atoms with Gasteiger partial charge in [0.2, 0.25) is 0 Å². The Morgan fingerprint density at radius 1 is 1.07 bits per heavy atom. The molecule has 2 aromatic heterocycles. The van der Waals surface area contributed by atoms with Crippen LogP contribution in [0.15, 0.2) is 41.9 Å². The number of fused-ring (bicyclic) bond motifs is 2. The van der Waals surface area contributed by atoms with E-state index in [1.54, 1.807) is 22.5 Å². The lowest BCUT2D eigenvalue weighted by Gasteiger charge is -2.21. The summed E-state index contributed by atoms with van der Waals surface area (Å²) in [5, 5.41) is 0.591. The van der Waals surface area contributed by atoms with E-state index in [-0.39, 0.29) is 11.7 Å². The Labute approximate surface area is 170 Å². The van der Waals surface area contributed by atoms with E-state index in [1.165, 1.54) is 34.8 Å². The van der Waals surface area contributed by atoms with Crippen LogP contribution in [-0.4, -0.2) is 48.0 Å². The molecule has 0 N–H and O–H groups in total. The van der Waals surface area contributed by atoms with E-state index in [9.17, 15) is 9.18 Å². The van der Waals surface area contributed by atoms with Crippen molar-refractivity contribution >= 4 is 54.1 Å². The lowest BCUT2D eigenvalue weighted by molar-refractivity contribution is 0.0986. The first kappa shape index (κ1) is 18.9. The molecule has 0 atom stereocenters. The zero-order valence-corrected chi connectivity index (χ0v) is 17.2. The smallest absolute Gasteiger partial charge is 0.260 e. The molecular formula is C20H19FN4OS2. The highest BCUT2D eigenvalue weighted by molar-refractivity contribution is 7.22. The Bertz CT molecular complexity index is 1140. The number of thiazole rings is 2. The maximum atomic E-state index is 13.6. The number of anilines is 1. The highest BCUT2D eigenvalue weighted by atomic mass is 32.1. The number of rotatable bonds is 6. The summed E-state index contributed by atoms with van der Waals surface area (Å²) < 4.78 is 15.3. The summed E-state index contributed by atoms with van der Waals surface area (Å²) in [6.07, 6.45) is 0.811. The fourth-order valence-corrected chi connectivity index (χ4v) is 4.71. The summed E-state index contributed by atoms with van der Waals surface area (Å²) in [4.78, 5) is 26.0. The zero-order valence-electron chi connectivity index (χ0n) is 15.6. The van der Waals surface area contributed by atoms with Gasteiger partial charge in [-0.1, -0.05) is 11.3 Å². The minimum atomic E-state index is -0.302. The number of amides is 1. The number of hydrogen-bond acceptors (Lipinski definition) is 6. The van der Waals surface area contributed by atoms with Gasteiger partial charge in [-0.15, -0.1) is 11.3 Å². The molecule has 0 radical (unpaired) electrons. The van der Waals surface area contributed by atoms with Crippen LogP contribution in [0, 0.1) is 5.82 Å². The number of hydrogen-bond donors (Lipinski definition) is 0. The van der Waals surface area contributed by atoms with Crippen molar-refractivity contribution in [2.24, 2.45) is 0 Å². The number of nitrogens with zero attached hydrogens (tertiary/aromatic N) is 4. The Balaban J connectivity index is 1.69. The molecule has 0 aliphatic rings. The molecule has 0 spiro atoms. The summed E-state index contributed by atoms with van der Waals surface area (Å²) in [5.74, 6) is -0.405. The fraction of sp³-hybridized carbons (Fsp3) is 0.250. The molecule has 28 heavy (non-hydrogen) atoms. The predicted octanol–water partition coefficient (Wildman–Crippen LogP) is 4.64. The van der Waals surface area contributed by atoms with E-state index < -0.39 is 0 Å². The van der Waals surface area contributed by atoms with E-state index in [1.807, 2.05) is 26.2 Å². The van der Waals surface area contributed by atoms with E-state index >= 15 is 0 Å². The molecule has 0 fully saturated rings. The van der Waals surface area contributed by atoms with Crippen LogP contribution >= 0.6 is 22.7 Å². The van der Waals surface area contributed by atoms with Gasteiger partial charge in [0.15, 0.2) is 5.13 Å². The van der Waals surface area contributed by atoms with Crippen molar-refractivity contribution in [1.29, 1.82) is 0 Å². The number of aromatic nitrogens is 2. The van der Waals surface area contributed by atoms with Crippen LogP contribution in [-0.2, 0) is 0 Å². The first-order chi connectivity index (χ1) is 13.5. The molecule has 2 heterocycles. The Morgan fingerprint density at radius 2 is 1.89 bits per heavy atom. The third kappa shape index (κ3) is 3.89. The van der Waals surface area contributed by atoms with Gasteiger partial charge in [0.1, 0.15) is 5.82 Å². The van der Waals surface area contributed by atoms with Gasteiger partial charge in [0, 0.05) is 12.1 Å². The van der Waals surface area contributed by atoms with Crippen molar-refractivity contribution in [1.82, 2.24) is 14.9 Å². The molecule has 0 saturated heterocycles. The number of carbonyl (C=O) groups is 1. The number of benzene rings is 2. The van der Waals surface area contributed by atoms with Crippen molar-refractivity contribution in [3.63, 3.8) is 0 Å². The topological polar surface area (TPSA) is 49.3 Å². The van der Waals surface area contributed by atoms with Gasteiger partial charge in [-0.2, -0.15) is 0 Å². The van der Waals surface area contributed by atoms with Crippen molar-refractivity contribution in [2.45, 2.75) is 6.42 Å². The maximum absolute atomic E-state index is 13.6. The second kappa shape index (κ2) is 7.90. The van der Waals surface area contributed by atoms with Gasteiger partial charge in [-0.3, -0.25) is 9.69 Å². The molecule has 1 amide bonds. The second-order valence-corrected chi connectivity index (χ2v) is 8.65. The predicted molar refractivity (Wildman–Crippen MR) is 114 cm³/mol. The van der Waals surface area contributed by atoms with Gasteiger partial charge in [-0.05, 0) is 63.5 Å². The Morgan fingerprint density at radius 3 is 2.71 bits per heavy atom. The summed E-state index contributed by atoms with van der Waals surface area (Å²) >= 11 is 2.85. The first-order valence-electron chi connectivity index (χ1n) is 8.87. The van der Waals surface area contributed by atoms with Gasteiger partial charge in [0.25, 0.3) is 5.91 Å².